The number of rotatable bonds is 6. The van der Waals surface area contributed by atoms with Crippen molar-refractivity contribution in [1.29, 1.82) is 0 Å². The van der Waals surface area contributed by atoms with Crippen molar-refractivity contribution in [3.63, 3.8) is 0 Å². The molecule has 0 radical (unpaired) electrons. The van der Waals surface area contributed by atoms with Crippen LogP contribution in [0.2, 0.25) is 0 Å². The minimum Gasteiger partial charge on any atom is -0.481 e. The van der Waals surface area contributed by atoms with Crippen molar-refractivity contribution in [3.05, 3.63) is 12.7 Å². The fourth-order valence-corrected chi connectivity index (χ4v) is 0.959. The van der Waals surface area contributed by atoms with E-state index in [0.717, 1.165) is 0 Å². The van der Waals surface area contributed by atoms with Crippen LogP contribution >= 0.6 is 0 Å². The summed E-state index contributed by atoms with van der Waals surface area (Å²) in [4.78, 5) is 21.6. The quantitative estimate of drug-likeness (QED) is 0.487. The third-order valence-electron chi connectivity index (χ3n) is 1.69. The summed E-state index contributed by atoms with van der Waals surface area (Å²) < 4.78 is 0. The highest BCUT2D eigenvalue weighted by molar-refractivity contribution is 5.98. The first-order chi connectivity index (χ1) is 5.63. The van der Waals surface area contributed by atoms with Crippen LogP contribution in [0.1, 0.15) is 26.2 Å². The lowest BCUT2D eigenvalue weighted by molar-refractivity contribution is -0.146. The van der Waals surface area contributed by atoms with Gasteiger partial charge in [-0.05, 0) is 12.8 Å². The Kier molecular flexibility index (Phi) is 5.00. The Morgan fingerprint density at radius 3 is 2.50 bits per heavy atom. The van der Waals surface area contributed by atoms with Crippen LogP contribution in [-0.4, -0.2) is 16.9 Å². The predicted octanol–water partition coefficient (Wildman–Crippen LogP) is 1.63. The van der Waals surface area contributed by atoms with Gasteiger partial charge in [-0.3, -0.25) is 9.59 Å². The summed E-state index contributed by atoms with van der Waals surface area (Å²) in [7, 11) is 0. The van der Waals surface area contributed by atoms with E-state index < -0.39 is 11.9 Å². The van der Waals surface area contributed by atoms with Crippen LogP contribution in [0.5, 0.6) is 0 Å². The summed E-state index contributed by atoms with van der Waals surface area (Å²) in [6.45, 7) is 5.16. The minimum atomic E-state index is -1.02. The van der Waals surface area contributed by atoms with Gasteiger partial charge in [0.05, 0.1) is 0 Å². The van der Waals surface area contributed by atoms with Crippen molar-refractivity contribution < 1.29 is 14.7 Å². The Bertz CT molecular complexity index is 184. The number of ketones is 1. The van der Waals surface area contributed by atoms with E-state index in [1.807, 2.05) is 0 Å². The van der Waals surface area contributed by atoms with Crippen LogP contribution in [0.15, 0.2) is 12.7 Å². The van der Waals surface area contributed by atoms with Crippen LogP contribution in [0.3, 0.4) is 0 Å². The zero-order chi connectivity index (χ0) is 9.56. The van der Waals surface area contributed by atoms with Crippen molar-refractivity contribution in [2.75, 3.05) is 0 Å². The number of carbonyl (C=O) groups excluding carboxylic acids is 1. The van der Waals surface area contributed by atoms with Gasteiger partial charge in [-0.2, -0.15) is 0 Å². The third kappa shape index (κ3) is 3.32. The summed E-state index contributed by atoms with van der Waals surface area (Å²) >= 11 is 0. The molecule has 0 saturated heterocycles. The van der Waals surface area contributed by atoms with Gasteiger partial charge in [-0.1, -0.05) is 13.0 Å². The Morgan fingerprint density at radius 1 is 1.58 bits per heavy atom. The summed E-state index contributed by atoms with van der Waals surface area (Å²) in [6.07, 6.45) is 2.83. The van der Waals surface area contributed by atoms with Crippen LogP contribution in [-0.2, 0) is 9.59 Å². The minimum absolute atomic E-state index is 0.204. The summed E-state index contributed by atoms with van der Waals surface area (Å²) in [5.74, 6) is -2.05. The van der Waals surface area contributed by atoms with Gasteiger partial charge in [0.25, 0.3) is 0 Å². The van der Waals surface area contributed by atoms with Gasteiger partial charge in [0.1, 0.15) is 11.7 Å². The van der Waals surface area contributed by atoms with Crippen LogP contribution < -0.4 is 0 Å². The molecule has 3 nitrogen and oxygen atoms in total. The first-order valence-corrected chi connectivity index (χ1v) is 3.99. The number of hydrogen-bond donors (Lipinski definition) is 1. The summed E-state index contributed by atoms with van der Waals surface area (Å²) in [6, 6.07) is 0. The second-order valence-corrected chi connectivity index (χ2v) is 2.59. The lowest BCUT2D eigenvalue weighted by Gasteiger charge is -2.06. The molecule has 0 aliphatic carbocycles. The second-order valence-electron chi connectivity index (χ2n) is 2.59. The average Bonchev–Trinajstić information content (AvgIpc) is 2.01. The van der Waals surface area contributed by atoms with Crippen LogP contribution in [0, 0.1) is 5.92 Å². The van der Waals surface area contributed by atoms with E-state index in [-0.39, 0.29) is 12.2 Å². The second kappa shape index (κ2) is 5.52. The number of Topliss-reactive ketones (excluding diaryl/α,β-unsaturated/α-hetero) is 1. The lowest BCUT2D eigenvalue weighted by atomic mass is 9.98. The molecule has 0 spiro atoms. The molecule has 0 aromatic carbocycles. The molecule has 0 aliphatic heterocycles. The largest absolute Gasteiger partial charge is 0.481 e. The van der Waals surface area contributed by atoms with Gasteiger partial charge >= 0.3 is 5.97 Å². The highest BCUT2D eigenvalue weighted by atomic mass is 16.4. The number of aliphatic carboxylic acids is 1. The molecule has 0 aliphatic rings. The molecule has 0 rings (SSSR count). The monoisotopic (exact) mass is 170 g/mol. The molecule has 1 atom stereocenters. The molecule has 0 heterocycles. The van der Waals surface area contributed by atoms with E-state index >= 15 is 0 Å². The number of carboxylic acids is 1. The number of carbonyl (C=O) groups is 2. The van der Waals surface area contributed by atoms with Crippen molar-refractivity contribution in [2.24, 2.45) is 5.92 Å². The van der Waals surface area contributed by atoms with Crippen molar-refractivity contribution in [3.8, 4) is 0 Å². The van der Waals surface area contributed by atoms with E-state index in [0.29, 0.717) is 12.8 Å². The molecule has 0 aromatic rings. The van der Waals surface area contributed by atoms with E-state index in [2.05, 4.69) is 6.58 Å². The lowest BCUT2D eigenvalue weighted by Crippen LogP contribution is -2.22. The Morgan fingerprint density at radius 2 is 2.17 bits per heavy atom. The zero-order valence-electron chi connectivity index (χ0n) is 7.25. The molecule has 12 heavy (non-hydrogen) atoms. The molecule has 1 N–H and O–H groups in total. The maximum Gasteiger partial charge on any atom is 0.314 e. The molecule has 3 heteroatoms. The average molecular weight is 170 g/mol. The van der Waals surface area contributed by atoms with Crippen LogP contribution in [0.25, 0.3) is 0 Å². The normalized spacial score (nSPS) is 12.1. The molecule has 0 fully saturated rings. The van der Waals surface area contributed by atoms with Crippen LogP contribution in [0.4, 0.5) is 0 Å². The molecule has 0 bridgehead atoms. The molecule has 1 unspecified atom stereocenters. The highest BCUT2D eigenvalue weighted by Gasteiger charge is 2.22. The zero-order valence-corrected chi connectivity index (χ0v) is 7.25. The topological polar surface area (TPSA) is 54.4 Å². The summed E-state index contributed by atoms with van der Waals surface area (Å²) in [5, 5.41) is 8.60. The molecule has 0 saturated carbocycles. The maximum absolute atomic E-state index is 11.1. The van der Waals surface area contributed by atoms with E-state index in [1.165, 1.54) is 0 Å². The molecular formula is C9H14O3. The molecule has 68 valence electrons. The van der Waals surface area contributed by atoms with Gasteiger partial charge in [0.15, 0.2) is 0 Å². The Labute approximate surface area is 72.1 Å². The van der Waals surface area contributed by atoms with E-state index in [4.69, 9.17) is 5.11 Å². The number of allylic oxidation sites excluding steroid dienone is 1. The molecular weight excluding hydrogens is 156 g/mol. The van der Waals surface area contributed by atoms with E-state index in [1.54, 1.807) is 13.0 Å². The predicted molar refractivity (Wildman–Crippen MR) is 45.9 cm³/mol. The Balaban J connectivity index is 4.03. The van der Waals surface area contributed by atoms with Gasteiger partial charge < -0.3 is 5.11 Å². The first-order valence-electron chi connectivity index (χ1n) is 3.99. The fraction of sp³-hybridized carbons (Fsp3) is 0.556. The third-order valence-corrected chi connectivity index (χ3v) is 1.69. The first kappa shape index (κ1) is 10.9. The standard InChI is InChI=1S/C9H14O3/c1-3-5-6-8(10)7(4-2)9(11)12/h3,7H,1,4-6H2,2H3,(H,11,12). The fourth-order valence-electron chi connectivity index (χ4n) is 0.959. The highest BCUT2D eigenvalue weighted by Crippen LogP contribution is 2.08. The number of hydrogen-bond acceptors (Lipinski definition) is 2. The SMILES string of the molecule is C=CCCC(=O)C(CC)C(=O)O. The van der Waals surface area contributed by atoms with Crippen molar-refractivity contribution in [2.45, 2.75) is 26.2 Å². The number of carboxylic acid groups (broad SMARTS) is 1. The molecule has 0 aromatic heterocycles. The van der Waals surface area contributed by atoms with Gasteiger partial charge in [0, 0.05) is 6.42 Å². The molecule has 0 amide bonds. The van der Waals surface area contributed by atoms with Crippen molar-refractivity contribution in [1.82, 2.24) is 0 Å². The smallest absolute Gasteiger partial charge is 0.314 e. The van der Waals surface area contributed by atoms with Gasteiger partial charge in [-0.15, -0.1) is 6.58 Å². The van der Waals surface area contributed by atoms with Gasteiger partial charge in [-0.25, -0.2) is 0 Å². The summed E-state index contributed by atoms with van der Waals surface area (Å²) in [5.41, 5.74) is 0. The van der Waals surface area contributed by atoms with Crippen molar-refractivity contribution >= 4 is 11.8 Å². The maximum atomic E-state index is 11.1. The van der Waals surface area contributed by atoms with Gasteiger partial charge in [0.2, 0.25) is 0 Å². The Hall–Kier alpha value is -1.12. The van der Waals surface area contributed by atoms with E-state index in [9.17, 15) is 9.59 Å².